The smallest absolute Gasteiger partial charge is 0.407 e. The summed E-state index contributed by atoms with van der Waals surface area (Å²) in [4.78, 5) is 66.4. The van der Waals surface area contributed by atoms with E-state index in [1.807, 2.05) is 44.3 Å². The fraction of sp³-hybridized carbons (Fsp3) is 0.323. The standard InChI is InChI=1S/C65H69Cl4N11O9S/c1-6-42(3)44(5)49-22-24-55(61(68)59(49)66)89-41-57(82)70-27-14-30-79-39-47(74-76-79)37-71-64(84)86-33-15-28-77-32-26-45(50-18-8-9-19-52(50)77)35-58-80(53-20-10-11-21-56(53)90-58)31-16-34-87-65(85)72-36-46-38-78(75-73-46)29-13-12-17-48(81)40-88-54-25-23-51(60(67)62(54)69)63(83)43(4)7-2/h8-11,18-26,32,35,38-39H,3-7,12-17,27-31,33-34,36-37,40-41H2,1-2H3,(H2-,70,71,72,82,84,85)/p+1. The molecule has 20 nitrogen and oxygen atoms in total. The third-order valence-corrected chi connectivity index (χ3v) is 17.2. The molecule has 0 spiro atoms. The number of rotatable bonds is 34. The van der Waals surface area contributed by atoms with Crippen LogP contribution < -0.4 is 34.9 Å². The summed E-state index contributed by atoms with van der Waals surface area (Å²) in [6.07, 6.45) is 11.0. The molecule has 4 aromatic carbocycles. The van der Waals surface area contributed by atoms with Crippen molar-refractivity contribution in [2.24, 2.45) is 0 Å². The third-order valence-electron chi connectivity index (χ3n) is 14.4. The highest BCUT2D eigenvalue weighted by molar-refractivity contribution is 8.03. The second kappa shape index (κ2) is 33.6. The van der Waals surface area contributed by atoms with Gasteiger partial charge in [0.15, 0.2) is 30.9 Å². The van der Waals surface area contributed by atoms with Gasteiger partial charge in [0.2, 0.25) is 5.52 Å². The highest BCUT2D eigenvalue weighted by Crippen LogP contribution is 2.47. The lowest BCUT2D eigenvalue weighted by Crippen LogP contribution is -2.35. The highest BCUT2D eigenvalue weighted by Gasteiger charge is 2.26. The van der Waals surface area contributed by atoms with Gasteiger partial charge >= 0.3 is 12.2 Å². The summed E-state index contributed by atoms with van der Waals surface area (Å²) in [6, 6.07) is 24.9. The molecule has 0 atom stereocenters. The molecule has 90 heavy (non-hydrogen) atoms. The van der Waals surface area contributed by atoms with Gasteiger partial charge in [-0.3, -0.25) is 23.7 Å². The van der Waals surface area contributed by atoms with Crippen molar-refractivity contribution in [3.05, 3.63) is 182 Å². The first-order valence-electron chi connectivity index (χ1n) is 29.4. The number of amides is 3. The molecule has 472 valence electrons. The number of fused-ring (bicyclic) bond motifs is 2. The zero-order valence-electron chi connectivity index (χ0n) is 50.0. The van der Waals surface area contributed by atoms with Gasteiger partial charge in [-0.2, -0.15) is 4.57 Å². The van der Waals surface area contributed by atoms with Crippen LogP contribution in [0.3, 0.4) is 0 Å². The average molecular weight is 1320 g/mol. The Balaban J connectivity index is 0.708. The molecule has 0 bridgehead atoms. The van der Waals surface area contributed by atoms with E-state index >= 15 is 0 Å². The first kappa shape index (κ1) is 67.7. The van der Waals surface area contributed by atoms with Crippen LogP contribution in [0.1, 0.15) is 98.1 Å². The number of pyridine rings is 1. The number of alkyl carbamates (subject to hydrolysis) is 2. The lowest BCUT2D eigenvalue weighted by Gasteiger charge is -2.20. The number of hydrogen-bond donors (Lipinski definition) is 3. The van der Waals surface area contributed by atoms with Crippen LogP contribution in [0.15, 0.2) is 138 Å². The van der Waals surface area contributed by atoms with Crippen molar-refractivity contribution in [1.82, 2.24) is 45.9 Å². The SMILES string of the molecule is C=C(CC)C(=C)c1ccc(OCC(=O)NCCCn2cc(CNC(=O)OCCC[n+]3ccc(C=C4Sc5ccccc5N4CCCOC(=O)NCc4cn(CCCCC(=O)COc5ccc(C(=O)C(=C)CC)c(Cl)c5Cl)nn4)c4ccccc43)nn2)c(Cl)c1Cl. The van der Waals surface area contributed by atoms with Crippen molar-refractivity contribution < 1.29 is 47.5 Å². The Bertz CT molecular complexity index is 3820. The largest absolute Gasteiger partial charge is 0.484 e. The molecule has 0 fully saturated rings. The zero-order chi connectivity index (χ0) is 64.1. The van der Waals surface area contributed by atoms with E-state index in [1.54, 1.807) is 45.7 Å². The molecular weight excluding hydrogens is 1250 g/mol. The van der Waals surface area contributed by atoms with Crippen molar-refractivity contribution in [3.63, 3.8) is 0 Å². The minimum absolute atomic E-state index is 0.0572. The van der Waals surface area contributed by atoms with E-state index < -0.39 is 12.2 Å². The number of benzene rings is 4. The number of nitrogens with zero attached hydrogens (tertiary/aromatic N) is 8. The van der Waals surface area contributed by atoms with Crippen LogP contribution in [-0.2, 0) is 51.8 Å². The van der Waals surface area contributed by atoms with Gasteiger partial charge in [-0.15, -0.1) is 10.2 Å². The summed E-state index contributed by atoms with van der Waals surface area (Å²) >= 11 is 27.3. The van der Waals surface area contributed by atoms with Crippen molar-refractivity contribution in [2.45, 2.75) is 103 Å². The van der Waals surface area contributed by atoms with Crippen molar-refractivity contribution >= 4 is 116 Å². The predicted octanol–water partition coefficient (Wildman–Crippen LogP) is 13.0. The number of thioether (sulfide) groups is 1. The van der Waals surface area contributed by atoms with Crippen LogP contribution in [0.25, 0.3) is 22.6 Å². The second-order valence-electron chi connectivity index (χ2n) is 20.8. The Morgan fingerprint density at radius 1 is 0.644 bits per heavy atom. The number of allylic oxidation sites excluding steroid dienone is 3. The van der Waals surface area contributed by atoms with Gasteiger partial charge < -0.3 is 39.8 Å². The molecular formula is C65H70Cl4N11O9S+. The molecule has 0 saturated carbocycles. The lowest BCUT2D eigenvalue weighted by atomic mass is 9.99. The van der Waals surface area contributed by atoms with E-state index in [0.29, 0.717) is 99.3 Å². The summed E-state index contributed by atoms with van der Waals surface area (Å²) in [5.74, 6) is -0.238. The number of unbranched alkanes of at least 4 members (excludes halogenated alkanes) is 1. The maximum Gasteiger partial charge on any atom is 0.407 e. The number of halogens is 4. The average Bonchev–Trinajstić information content (AvgIpc) is 1.75. The molecule has 4 heterocycles. The number of aromatic nitrogens is 7. The molecule has 1 aliphatic heterocycles. The van der Waals surface area contributed by atoms with Gasteiger partial charge in [0.1, 0.15) is 39.5 Å². The first-order chi connectivity index (χ1) is 43.5. The van der Waals surface area contributed by atoms with Crippen molar-refractivity contribution in [2.75, 3.05) is 44.4 Å². The monoisotopic (exact) mass is 1320 g/mol. The van der Waals surface area contributed by atoms with Crippen LogP contribution in [0.4, 0.5) is 15.3 Å². The second-order valence-corrected chi connectivity index (χ2v) is 23.4. The predicted molar refractivity (Wildman–Crippen MR) is 350 cm³/mol. The molecule has 0 aliphatic carbocycles. The van der Waals surface area contributed by atoms with Crippen LogP contribution in [0.2, 0.25) is 20.1 Å². The Morgan fingerprint density at radius 2 is 1.26 bits per heavy atom. The van der Waals surface area contributed by atoms with E-state index in [1.165, 1.54) is 12.1 Å². The minimum Gasteiger partial charge on any atom is -0.484 e. The molecule has 3 N–H and O–H groups in total. The van der Waals surface area contributed by atoms with Gasteiger partial charge in [-0.1, -0.05) is 126 Å². The molecule has 25 heteroatoms. The molecule has 0 unspecified atom stereocenters. The van der Waals surface area contributed by atoms with E-state index in [9.17, 15) is 24.0 Å². The topological polar surface area (TPSA) is 227 Å². The van der Waals surface area contributed by atoms with Crippen LogP contribution >= 0.6 is 58.2 Å². The number of para-hydroxylation sites is 2. The van der Waals surface area contributed by atoms with Gasteiger partial charge in [-0.05, 0) is 109 Å². The third kappa shape index (κ3) is 18.7. The molecule has 3 aromatic heterocycles. The van der Waals surface area contributed by atoms with E-state index in [0.717, 1.165) is 44.1 Å². The van der Waals surface area contributed by atoms with E-state index in [4.69, 9.17) is 65.4 Å². The number of hydrogen-bond acceptors (Lipinski definition) is 15. The Labute approximate surface area is 546 Å². The summed E-state index contributed by atoms with van der Waals surface area (Å²) in [6.45, 7) is 18.4. The summed E-state index contributed by atoms with van der Waals surface area (Å²) < 4.78 is 27.8. The molecule has 0 radical (unpaired) electrons. The van der Waals surface area contributed by atoms with Gasteiger partial charge in [0, 0.05) is 67.2 Å². The Hall–Kier alpha value is -8.21. The number of nitrogens with one attached hydrogen (secondary N) is 3. The number of ketones is 2. The lowest BCUT2D eigenvalue weighted by molar-refractivity contribution is -0.672. The molecule has 3 amide bonds. The first-order valence-corrected chi connectivity index (χ1v) is 31.7. The van der Waals surface area contributed by atoms with Crippen molar-refractivity contribution in [1.29, 1.82) is 0 Å². The molecule has 8 rings (SSSR count). The summed E-state index contributed by atoms with van der Waals surface area (Å²) in [5.41, 5.74) is 7.10. The van der Waals surface area contributed by atoms with Gasteiger partial charge in [0.25, 0.3) is 5.91 Å². The molecule has 1 aliphatic rings. The van der Waals surface area contributed by atoms with E-state index in [-0.39, 0.29) is 101 Å². The number of ether oxygens (including phenoxy) is 4. The Kier molecular flexibility index (Phi) is 25.3. The number of Topliss-reactive ketones (excluding diaryl/α,β-unsaturated/α-hetero) is 2. The summed E-state index contributed by atoms with van der Waals surface area (Å²) in [5, 5.41) is 27.6. The number of carbonyl (C=O) groups is 5. The highest BCUT2D eigenvalue weighted by atomic mass is 35.5. The number of aryl methyl sites for hydroxylation is 3. The van der Waals surface area contributed by atoms with Gasteiger partial charge in [0.05, 0.1) is 64.8 Å². The van der Waals surface area contributed by atoms with Crippen LogP contribution in [0, 0.1) is 0 Å². The zero-order valence-corrected chi connectivity index (χ0v) is 53.9. The maximum absolute atomic E-state index is 12.8. The molecule has 7 aromatic rings. The summed E-state index contributed by atoms with van der Waals surface area (Å²) in [7, 11) is 0. The van der Waals surface area contributed by atoms with E-state index in [2.05, 4.69) is 102 Å². The number of carbonyl (C=O) groups excluding carboxylic acids is 5. The fourth-order valence-corrected chi connectivity index (χ4v) is 11.5. The Morgan fingerprint density at radius 3 is 1.94 bits per heavy atom. The van der Waals surface area contributed by atoms with Crippen molar-refractivity contribution in [3.8, 4) is 11.5 Å². The molecule has 0 saturated heterocycles. The fourth-order valence-electron chi connectivity index (χ4n) is 9.37. The van der Waals surface area contributed by atoms with Crippen LogP contribution in [-0.4, -0.2) is 99.2 Å². The maximum atomic E-state index is 12.8. The normalized spacial score (nSPS) is 12.2. The van der Waals surface area contributed by atoms with Crippen LogP contribution in [0.5, 0.6) is 11.5 Å². The quantitative estimate of drug-likeness (QED) is 0.0112. The number of anilines is 1. The van der Waals surface area contributed by atoms with Gasteiger partial charge in [-0.25, -0.2) is 9.59 Å². The minimum atomic E-state index is -0.567.